The summed E-state index contributed by atoms with van der Waals surface area (Å²) in [5.74, 6) is 1.48. The quantitative estimate of drug-likeness (QED) is 0.624. The van der Waals surface area contributed by atoms with Gasteiger partial charge < -0.3 is 10.2 Å². The van der Waals surface area contributed by atoms with Gasteiger partial charge in [-0.3, -0.25) is 5.41 Å². The van der Waals surface area contributed by atoms with Crippen LogP contribution in [0, 0.1) is 5.41 Å². The Balaban J connectivity index is 1.97. The number of rotatable bonds is 3. The Kier molecular flexibility index (Phi) is 2.04. The summed E-state index contributed by atoms with van der Waals surface area (Å²) in [4.78, 5) is 4.26. The lowest BCUT2D eigenvalue weighted by Crippen LogP contribution is -2.27. The molecule has 1 aliphatic carbocycles. The summed E-state index contributed by atoms with van der Waals surface area (Å²) in [6.45, 7) is 0. The maximum Gasteiger partial charge on any atom is 0.226 e. The van der Waals surface area contributed by atoms with Crippen molar-refractivity contribution in [2.75, 3.05) is 0 Å². The summed E-state index contributed by atoms with van der Waals surface area (Å²) in [5, 5.41) is 7.60. The zero-order chi connectivity index (χ0) is 11.9. The molecule has 1 saturated carbocycles. The van der Waals surface area contributed by atoms with E-state index in [1.165, 1.54) is 0 Å². The van der Waals surface area contributed by atoms with E-state index in [1.807, 2.05) is 30.3 Å². The Morgan fingerprint density at radius 3 is 2.59 bits per heavy atom. The molecule has 2 aromatic rings. The van der Waals surface area contributed by atoms with Gasteiger partial charge in [0, 0.05) is 5.56 Å². The first-order valence-corrected chi connectivity index (χ1v) is 5.59. The van der Waals surface area contributed by atoms with Crippen LogP contribution in [-0.2, 0) is 5.41 Å². The van der Waals surface area contributed by atoms with Crippen molar-refractivity contribution in [2.24, 2.45) is 5.73 Å². The molecule has 1 heterocycles. The van der Waals surface area contributed by atoms with Crippen molar-refractivity contribution in [3.63, 3.8) is 0 Å². The molecule has 4 nitrogen and oxygen atoms in total. The molecule has 17 heavy (non-hydrogen) atoms. The van der Waals surface area contributed by atoms with Crippen LogP contribution in [0.15, 0.2) is 40.9 Å². The molecule has 86 valence electrons. The predicted octanol–water partition coefficient (Wildman–Crippen LogP) is 2.31. The SMILES string of the molecule is N=C(N)C1(c2cnc(-c3ccccc3)o2)CC1. The Bertz CT molecular complexity index is 555. The normalized spacial score (nSPS) is 16.7. The minimum atomic E-state index is -0.375. The topological polar surface area (TPSA) is 75.9 Å². The highest BCUT2D eigenvalue weighted by Crippen LogP contribution is 2.48. The standard InChI is InChI=1S/C13H13N3O/c14-12(15)13(6-7-13)10-8-16-11(17-10)9-4-2-1-3-5-9/h1-5,8H,6-7H2,(H3,14,15). The third-order valence-corrected chi connectivity index (χ3v) is 3.26. The van der Waals surface area contributed by atoms with E-state index in [2.05, 4.69) is 4.98 Å². The maximum absolute atomic E-state index is 7.60. The number of amidine groups is 1. The molecule has 0 spiro atoms. The average Bonchev–Trinajstić information content (AvgIpc) is 3.02. The van der Waals surface area contributed by atoms with E-state index in [-0.39, 0.29) is 11.3 Å². The van der Waals surface area contributed by atoms with Gasteiger partial charge in [-0.05, 0) is 25.0 Å². The highest BCUT2D eigenvalue weighted by Gasteiger charge is 2.50. The van der Waals surface area contributed by atoms with Gasteiger partial charge in [0.05, 0.1) is 11.6 Å². The first kappa shape index (κ1) is 10.1. The molecule has 3 rings (SSSR count). The van der Waals surface area contributed by atoms with Crippen LogP contribution in [0.25, 0.3) is 11.5 Å². The fourth-order valence-corrected chi connectivity index (χ4v) is 1.98. The van der Waals surface area contributed by atoms with Gasteiger partial charge in [0.1, 0.15) is 11.6 Å². The zero-order valence-electron chi connectivity index (χ0n) is 9.31. The highest BCUT2D eigenvalue weighted by atomic mass is 16.4. The van der Waals surface area contributed by atoms with E-state index >= 15 is 0 Å². The molecule has 0 unspecified atom stereocenters. The number of nitrogens with two attached hydrogens (primary N) is 1. The van der Waals surface area contributed by atoms with E-state index in [0.29, 0.717) is 11.7 Å². The van der Waals surface area contributed by atoms with Crippen LogP contribution in [0.3, 0.4) is 0 Å². The van der Waals surface area contributed by atoms with Gasteiger partial charge in [-0.15, -0.1) is 0 Å². The van der Waals surface area contributed by atoms with Crippen molar-refractivity contribution >= 4 is 5.84 Å². The summed E-state index contributed by atoms with van der Waals surface area (Å²) in [7, 11) is 0. The van der Waals surface area contributed by atoms with Gasteiger partial charge in [0.2, 0.25) is 5.89 Å². The summed E-state index contributed by atoms with van der Waals surface area (Å²) in [6, 6.07) is 9.73. The monoisotopic (exact) mass is 227 g/mol. The fourth-order valence-electron chi connectivity index (χ4n) is 1.98. The van der Waals surface area contributed by atoms with Gasteiger partial charge in [0.15, 0.2) is 0 Å². The molecule has 0 saturated heterocycles. The third kappa shape index (κ3) is 1.53. The number of hydrogen-bond donors (Lipinski definition) is 2. The van der Waals surface area contributed by atoms with Gasteiger partial charge in [0.25, 0.3) is 0 Å². The van der Waals surface area contributed by atoms with Crippen molar-refractivity contribution in [2.45, 2.75) is 18.3 Å². The molecule has 0 atom stereocenters. The number of aromatic nitrogens is 1. The summed E-state index contributed by atoms with van der Waals surface area (Å²) in [5.41, 5.74) is 6.18. The first-order valence-electron chi connectivity index (χ1n) is 5.59. The van der Waals surface area contributed by atoms with E-state index in [4.69, 9.17) is 15.6 Å². The van der Waals surface area contributed by atoms with Crippen molar-refractivity contribution in [3.05, 3.63) is 42.3 Å². The van der Waals surface area contributed by atoms with Crippen LogP contribution >= 0.6 is 0 Å². The number of oxazole rings is 1. The van der Waals surface area contributed by atoms with E-state index in [1.54, 1.807) is 6.20 Å². The first-order chi connectivity index (χ1) is 8.22. The average molecular weight is 227 g/mol. The molecule has 0 amide bonds. The van der Waals surface area contributed by atoms with Gasteiger partial charge in [-0.25, -0.2) is 4.98 Å². The molecular formula is C13H13N3O. The molecule has 1 fully saturated rings. The van der Waals surface area contributed by atoms with Crippen LogP contribution in [0.5, 0.6) is 0 Å². The lowest BCUT2D eigenvalue weighted by molar-refractivity contribution is 0.499. The van der Waals surface area contributed by atoms with Crippen LogP contribution in [0.1, 0.15) is 18.6 Å². The van der Waals surface area contributed by atoms with Crippen LogP contribution in [0.2, 0.25) is 0 Å². The van der Waals surface area contributed by atoms with Crippen molar-refractivity contribution in [1.82, 2.24) is 4.98 Å². The zero-order valence-corrected chi connectivity index (χ0v) is 9.31. The summed E-state index contributed by atoms with van der Waals surface area (Å²) in [6.07, 6.45) is 3.45. The molecule has 3 N–H and O–H groups in total. The largest absolute Gasteiger partial charge is 0.440 e. The smallest absolute Gasteiger partial charge is 0.226 e. The van der Waals surface area contributed by atoms with Crippen molar-refractivity contribution < 1.29 is 4.42 Å². The van der Waals surface area contributed by atoms with Gasteiger partial charge in [-0.2, -0.15) is 0 Å². The number of benzene rings is 1. The molecule has 0 radical (unpaired) electrons. The molecule has 4 heteroatoms. The number of hydrogen-bond acceptors (Lipinski definition) is 3. The van der Waals surface area contributed by atoms with Crippen LogP contribution < -0.4 is 5.73 Å². The molecule has 0 bridgehead atoms. The minimum Gasteiger partial charge on any atom is -0.440 e. The third-order valence-electron chi connectivity index (χ3n) is 3.26. The van der Waals surface area contributed by atoms with Crippen molar-refractivity contribution in [1.29, 1.82) is 5.41 Å². The summed E-state index contributed by atoms with van der Waals surface area (Å²) >= 11 is 0. The second-order valence-corrected chi connectivity index (χ2v) is 4.39. The Labute approximate surface area is 99.0 Å². The Hall–Kier alpha value is -2.10. The molecule has 1 aliphatic rings. The second kappa shape index (κ2) is 3.45. The van der Waals surface area contributed by atoms with Crippen LogP contribution in [-0.4, -0.2) is 10.8 Å². The van der Waals surface area contributed by atoms with Gasteiger partial charge >= 0.3 is 0 Å². The molecule has 1 aromatic carbocycles. The number of nitrogens with one attached hydrogen (secondary N) is 1. The predicted molar refractivity (Wildman–Crippen MR) is 64.8 cm³/mol. The Morgan fingerprint density at radius 2 is 2.00 bits per heavy atom. The van der Waals surface area contributed by atoms with Crippen LogP contribution in [0.4, 0.5) is 0 Å². The molecule has 0 aliphatic heterocycles. The fraction of sp³-hybridized carbons (Fsp3) is 0.231. The lowest BCUT2D eigenvalue weighted by atomic mass is 10.0. The second-order valence-electron chi connectivity index (χ2n) is 4.39. The maximum atomic E-state index is 7.60. The number of nitrogens with zero attached hydrogens (tertiary/aromatic N) is 1. The Morgan fingerprint density at radius 1 is 1.29 bits per heavy atom. The van der Waals surface area contributed by atoms with E-state index in [9.17, 15) is 0 Å². The van der Waals surface area contributed by atoms with Gasteiger partial charge in [-0.1, -0.05) is 18.2 Å². The highest BCUT2D eigenvalue weighted by molar-refractivity contribution is 5.91. The lowest BCUT2D eigenvalue weighted by Gasteiger charge is -2.08. The van der Waals surface area contributed by atoms with E-state index < -0.39 is 0 Å². The minimum absolute atomic E-state index is 0.174. The molecular weight excluding hydrogens is 214 g/mol. The molecule has 1 aromatic heterocycles. The van der Waals surface area contributed by atoms with E-state index in [0.717, 1.165) is 18.4 Å². The summed E-state index contributed by atoms with van der Waals surface area (Å²) < 4.78 is 5.73. The van der Waals surface area contributed by atoms with Crippen molar-refractivity contribution in [3.8, 4) is 11.5 Å².